The Kier molecular flexibility index (Phi) is 5.99. The van der Waals surface area contributed by atoms with E-state index in [2.05, 4.69) is 24.1 Å². The molecule has 0 amide bonds. The second-order valence-corrected chi connectivity index (χ2v) is 6.17. The molecule has 3 heteroatoms. The SMILES string of the molecule is CC1CCN(CCNC(C)Cc2ccccc2F)CC1. The van der Waals surface area contributed by atoms with E-state index in [1.54, 1.807) is 6.07 Å². The highest BCUT2D eigenvalue weighted by Crippen LogP contribution is 2.15. The molecule has 2 nitrogen and oxygen atoms in total. The topological polar surface area (TPSA) is 15.3 Å². The summed E-state index contributed by atoms with van der Waals surface area (Å²) in [6.45, 7) is 9.02. The molecule has 0 saturated carbocycles. The van der Waals surface area contributed by atoms with Gasteiger partial charge >= 0.3 is 0 Å². The van der Waals surface area contributed by atoms with Crippen LogP contribution in [0.25, 0.3) is 0 Å². The van der Waals surface area contributed by atoms with Gasteiger partial charge in [-0.05, 0) is 56.8 Å². The van der Waals surface area contributed by atoms with Crippen LogP contribution in [0.5, 0.6) is 0 Å². The van der Waals surface area contributed by atoms with Gasteiger partial charge < -0.3 is 10.2 Å². The number of nitrogens with one attached hydrogen (secondary N) is 1. The van der Waals surface area contributed by atoms with E-state index in [4.69, 9.17) is 0 Å². The van der Waals surface area contributed by atoms with Crippen molar-refractivity contribution in [1.29, 1.82) is 0 Å². The highest BCUT2D eigenvalue weighted by Gasteiger charge is 2.15. The lowest BCUT2D eigenvalue weighted by molar-refractivity contribution is 0.191. The molecule has 1 aliphatic heterocycles. The zero-order valence-electron chi connectivity index (χ0n) is 12.7. The summed E-state index contributed by atoms with van der Waals surface area (Å²) in [4.78, 5) is 2.53. The first-order valence-electron chi connectivity index (χ1n) is 7.84. The largest absolute Gasteiger partial charge is 0.313 e. The van der Waals surface area contributed by atoms with Crippen LogP contribution in [-0.2, 0) is 6.42 Å². The van der Waals surface area contributed by atoms with Gasteiger partial charge in [-0.25, -0.2) is 4.39 Å². The second-order valence-electron chi connectivity index (χ2n) is 6.17. The highest BCUT2D eigenvalue weighted by atomic mass is 19.1. The monoisotopic (exact) mass is 278 g/mol. The van der Waals surface area contributed by atoms with Crippen molar-refractivity contribution in [3.63, 3.8) is 0 Å². The third-order valence-corrected chi connectivity index (χ3v) is 4.28. The van der Waals surface area contributed by atoms with Crippen molar-refractivity contribution in [3.8, 4) is 0 Å². The Hall–Kier alpha value is -0.930. The maximum absolute atomic E-state index is 13.6. The lowest BCUT2D eigenvalue weighted by Gasteiger charge is -2.30. The van der Waals surface area contributed by atoms with Crippen LogP contribution in [0.15, 0.2) is 24.3 Å². The summed E-state index contributed by atoms with van der Waals surface area (Å²) in [7, 11) is 0. The molecule has 0 radical (unpaired) electrons. The molecular formula is C17H27FN2. The van der Waals surface area contributed by atoms with Crippen molar-refractivity contribution in [2.24, 2.45) is 5.92 Å². The number of hydrogen-bond donors (Lipinski definition) is 1. The molecule has 1 saturated heterocycles. The third-order valence-electron chi connectivity index (χ3n) is 4.28. The van der Waals surface area contributed by atoms with Gasteiger partial charge in [0.1, 0.15) is 5.82 Å². The number of piperidine rings is 1. The summed E-state index contributed by atoms with van der Waals surface area (Å²) in [6, 6.07) is 7.38. The molecule has 2 rings (SSSR count). The van der Waals surface area contributed by atoms with Crippen molar-refractivity contribution >= 4 is 0 Å². The molecule has 1 atom stereocenters. The summed E-state index contributed by atoms with van der Waals surface area (Å²) < 4.78 is 13.6. The fourth-order valence-electron chi connectivity index (χ4n) is 2.82. The molecule has 0 spiro atoms. The fraction of sp³-hybridized carbons (Fsp3) is 0.647. The Labute approximate surface area is 122 Å². The molecular weight excluding hydrogens is 251 g/mol. The van der Waals surface area contributed by atoms with Crippen molar-refractivity contribution in [1.82, 2.24) is 10.2 Å². The zero-order valence-corrected chi connectivity index (χ0v) is 12.7. The minimum Gasteiger partial charge on any atom is -0.313 e. The predicted octanol–water partition coefficient (Wildman–Crippen LogP) is 3.08. The van der Waals surface area contributed by atoms with Crippen LogP contribution in [0.3, 0.4) is 0 Å². The predicted molar refractivity (Wildman–Crippen MR) is 82.4 cm³/mol. The van der Waals surface area contributed by atoms with Crippen LogP contribution in [-0.4, -0.2) is 37.1 Å². The molecule has 0 aromatic heterocycles. The van der Waals surface area contributed by atoms with E-state index < -0.39 is 0 Å². The number of nitrogens with zero attached hydrogens (tertiary/aromatic N) is 1. The average molecular weight is 278 g/mol. The lowest BCUT2D eigenvalue weighted by Crippen LogP contribution is -2.40. The third kappa shape index (κ3) is 4.88. The second kappa shape index (κ2) is 7.75. The highest BCUT2D eigenvalue weighted by molar-refractivity contribution is 5.18. The van der Waals surface area contributed by atoms with Crippen molar-refractivity contribution in [2.45, 2.75) is 39.2 Å². The molecule has 1 aliphatic rings. The van der Waals surface area contributed by atoms with E-state index in [0.717, 1.165) is 31.0 Å². The minimum absolute atomic E-state index is 0.0915. The summed E-state index contributed by atoms with van der Waals surface area (Å²) >= 11 is 0. The number of halogens is 1. The smallest absolute Gasteiger partial charge is 0.126 e. The van der Waals surface area contributed by atoms with Gasteiger partial charge in [0.25, 0.3) is 0 Å². The van der Waals surface area contributed by atoms with Crippen LogP contribution in [0, 0.1) is 11.7 Å². The summed E-state index contributed by atoms with van der Waals surface area (Å²) in [6.07, 6.45) is 3.40. The molecule has 1 aromatic rings. The molecule has 1 aromatic carbocycles. The van der Waals surface area contributed by atoms with Crippen molar-refractivity contribution in [3.05, 3.63) is 35.6 Å². The van der Waals surface area contributed by atoms with Crippen LogP contribution in [0.2, 0.25) is 0 Å². The lowest BCUT2D eigenvalue weighted by atomic mass is 9.99. The van der Waals surface area contributed by atoms with E-state index in [0.29, 0.717) is 6.04 Å². The maximum Gasteiger partial charge on any atom is 0.126 e. The average Bonchev–Trinajstić information content (AvgIpc) is 2.44. The van der Waals surface area contributed by atoms with Crippen LogP contribution in [0.4, 0.5) is 4.39 Å². The molecule has 112 valence electrons. The van der Waals surface area contributed by atoms with Crippen LogP contribution in [0.1, 0.15) is 32.3 Å². The van der Waals surface area contributed by atoms with Gasteiger partial charge in [0.05, 0.1) is 0 Å². The number of hydrogen-bond acceptors (Lipinski definition) is 2. The summed E-state index contributed by atoms with van der Waals surface area (Å²) in [5.74, 6) is 0.797. The first-order valence-corrected chi connectivity index (χ1v) is 7.84. The van der Waals surface area contributed by atoms with E-state index in [9.17, 15) is 4.39 Å². The van der Waals surface area contributed by atoms with Gasteiger partial charge in [0, 0.05) is 19.1 Å². The first-order chi connectivity index (χ1) is 9.65. The molecule has 1 fully saturated rings. The van der Waals surface area contributed by atoms with Crippen LogP contribution >= 0.6 is 0 Å². The Morgan fingerprint density at radius 1 is 1.30 bits per heavy atom. The number of rotatable bonds is 6. The van der Waals surface area contributed by atoms with Gasteiger partial charge in [-0.2, -0.15) is 0 Å². The van der Waals surface area contributed by atoms with E-state index in [1.807, 2.05) is 12.1 Å². The summed E-state index contributed by atoms with van der Waals surface area (Å²) in [5, 5.41) is 3.51. The molecule has 1 unspecified atom stereocenters. The Balaban J connectivity index is 1.65. The molecule has 0 bridgehead atoms. The van der Waals surface area contributed by atoms with E-state index in [-0.39, 0.29) is 5.82 Å². The van der Waals surface area contributed by atoms with E-state index >= 15 is 0 Å². The number of benzene rings is 1. The maximum atomic E-state index is 13.6. The van der Waals surface area contributed by atoms with E-state index in [1.165, 1.54) is 32.0 Å². The van der Waals surface area contributed by atoms with Crippen molar-refractivity contribution < 1.29 is 4.39 Å². The van der Waals surface area contributed by atoms with Gasteiger partial charge in [-0.3, -0.25) is 0 Å². The minimum atomic E-state index is -0.0915. The van der Waals surface area contributed by atoms with Gasteiger partial charge in [0.2, 0.25) is 0 Å². The zero-order chi connectivity index (χ0) is 14.4. The molecule has 1 heterocycles. The first kappa shape index (κ1) is 15.5. The fourth-order valence-corrected chi connectivity index (χ4v) is 2.82. The standard InChI is InChI=1S/C17H27FN2/c1-14-7-10-20(11-8-14)12-9-19-15(2)13-16-5-3-4-6-17(16)18/h3-6,14-15,19H,7-13H2,1-2H3. The quantitative estimate of drug-likeness (QED) is 0.860. The molecule has 20 heavy (non-hydrogen) atoms. The Morgan fingerprint density at radius 3 is 2.70 bits per heavy atom. The normalized spacial score (nSPS) is 19.1. The Morgan fingerprint density at radius 2 is 2.00 bits per heavy atom. The molecule has 1 N–H and O–H groups in total. The number of likely N-dealkylation sites (tertiary alicyclic amines) is 1. The van der Waals surface area contributed by atoms with Crippen LogP contribution < -0.4 is 5.32 Å². The molecule has 0 aliphatic carbocycles. The van der Waals surface area contributed by atoms with Crippen molar-refractivity contribution in [2.75, 3.05) is 26.2 Å². The van der Waals surface area contributed by atoms with Gasteiger partial charge in [-0.1, -0.05) is 25.1 Å². The van der Waals surface area contributed by atoms with Gasteiger partial charge in [-0.15, -0.1) is 0 Å². The van der Waals surface area contributed by atoms with Gasteiger partial charge in [0.15, 0.2) is 0 Å². The summed E-state index contributed by atoms with van der Waals surface area (Å²) in [5.41, 5.74) is 0.805. The Bertz CT molecular complexity index is 400.